The molecule has 1 N–H and O–H groups in total. The molecule has 8 heteroatoms. The van der Waals surface area contributed by atoms with Gasteiger partial charge >= 0.3 is 0 Å². The number of carbonyl (C=O) groups excluding carboxylic acids is 3. The number of nitrogens with zero attached hydrogens (tertiary/aromatic N) is 2. The monoisotopic (exact) mass is 417 g/mol. The third-order valence-electron chi connectivity index (χ3n) is 4.31. The molecule has 3 rings (SSSR count). The Balaban J connectivity index is 1.61. The van der Waals surface area contributed by atoms with E-state index in [1.807, 2.05) is 0 Å². The molecule has 6 nitrogen and oxygen atoms in total. The quantitative estimate of drug-likeness (QED) is 0.760. The molecule has 3 amide bonds. The Morgan fingerprint density at radius 2 is 1.89 bits per heavy atom. The number of carbonyl (C=O) groups is 3. The van der Waals surface area contributed by atoms with Crippen LogP contribution in [0.25, 0.3) is 0 Å². The van der Waals surface area contributed by atoms with Gasteiger partial charge in [0.2, 0.25) is 11.8 Å². The molecule has 1 aliphatic rings. The highest BCUT2D eigenvalue weighted by Gasteiger charge is 2.35. The lowest BCUT2D eigenvalue weighted by Gasteiger charge is -2.17. The summed E-state index contributed by atoms with van der Waals surface area (Å²) in [5, 5.41) is 3.32. The maximum atomic E-state index is 12.6. The molecule has 1 unspecified atom stereocenters. The van der Waals surface area contributed by atoms with Crippen molar-refractivity contribution in [1.82, 2.24) is 4.90 Å². The predicted octanol–water partition coefficient (Wildman–Crippen LogP) is 4.11. The number of hydrogen-bond acceptors (Lipinski definition) is 4. The van der Waals surface area contributed by atoms with Gasteiger partial charge in [0.1, 0.15) is 0 Å². The van der Waals surface area contributed by atoms with Crippen molar-refractivity contribution in [3.8, 4) is 0 Å². The molecular weight excluding hydrogens is 398 g/mol. The third-order valence-corrected chi connectivity index (χ3v) is 5.59. The first-order chi connectivity index (χ1) is 13.3. The average Bonchev–Trinajstić information content (AvgIpc) is 3.05. The summed E-state index contributed by atoms with van der Waals surface area (Å²) in [6.07, 6.45) is 0.156. The summed E-state index contributed by atoms with van der Waals surface area (Å²) in [6, 6.07) is 14.1. The first-order valence-electron chi connectivity index (χ1n) is 8.69. The van der Waals surface area contributed by atoms with Crippen molar-refractivity contribution in [3.05, 3.63) is 53.6 Å². The molecule has 0 bridgehead atoms. The molecule has 2 aromatic rings. The fraction of sp³-hybridized carbons (Fsp3) is 0.250. The van der Waals surface area contributed by atoms with Crippen LogP contribution >= 0.6 is 23.4 Å². The van der Waals surface area contributed by atoms with Gasteiger partial charge in [-0.25, -0.2) is 0 Å². The van der Waals surface area contributed by atoms with E-state index in [2.05, 4.69) is 5.32 Å². The molecule has 2 aromatic carbocycles. The van der Waals surface area contributed by atoms with E-state index in [1.165, 1.54) is 4.90 Å². The summed E-state index contributed by atoms with van der Waals surface area (Å²) in [7, 11) is 3.39. The van der Waals surface area contributed by atoms with Gasteiger partial charge in [-0.15, -0.1) is 0 Å². The van der Waals surface area contributed by atoms with Gasteiger partial charge in [-0.2, -0.15) is 0 Å². The van der Waals surface area contributed by atoms with Crippen LogP contribution in [0.5, 0.6) is 0 Å². The van der Waals surface area contributed by atoms with Crippen LogP contribution in [0, 0.1) is 5.92 Å². The summed E-state index contributed by atoms with van der Waals surface area (Å²) in [6.45, 7) is 0.316. The van der Waals surface area contributed by atoms with E-state index in [9.17, 15) is 14.4 Å². The van der Waals surface area contributed by atoms with Gasteiger partial charge in [0, 0.05) is 48.4 Å². The Bertz CT molecular complexity index is 902. The molecule has 0 spiro atoms. The molecule has 1 heterocycles. The van der Waals surface area contributed by atoms with Gasteiger partial charge in [0.25, 0.3) is 5.24 Å². The van der Waals surface area contributed by atoms with E-state index in [4.69, 9.17) is 11.6 Å². The summed E-state index contributed by atoms with van der Waals surface area (Å²) in [5.41, 5.74) is 1.32. The molecule has 0 aliphatic carbocycles. The Kier molecular flexibility index (Phi) is 6.26. The zero-order valence-electron chi connectivity index (χ0n) is 15.5. The van der Waals surface area contributed by atoms with Crippen LogP contribution in [0.2, 0.25) is 5.02 Å². The molecule has 0 radical (unpaired) electrons. The Morgan fingerprint density at radius 1 is 1.18 bits per heavy atom. The molecule has 0 aromatic heterocycles. The predicted molar refractivity (Wildman–Crippen MR) is 112 cm³/mol. The second-order valence-corrected chi connectivity index (χ2v) is 8.12. The van der Waals surface area contributed by atoms with Crippen molar-refractivity contribution in [2.45, 2.75) is 11.3 Å². The molecule has 1 aliphatic heterocycles. The van der Waals surface area contributed by atoms with E-state index in [0.717, 1.165) is 16.7 Å². The number of amides is 3. The number of halogens is 1. The van der Waals surface area contributed by atoms with Crippen molar-refractivity contribution in [1.29, 1.82) is 0 Å². The number of benzene rings is 2. The van der Waals surface area contributed by atoms with Crippen molar-refractivity contribution in [2.75, 3.05) is 30.9 Å². The minimum atomic E-state index is -0.434. The highest BCUT2D eigenvalue weighted by molar-refractivity contribution is 8.13. The highest BCUT2D eigenvalue weighted by atomic mass is 35.5. The second kappa shape index (κ2) is 8.67. The Labute approximate surface area is 172 Å². The van der Waals surface area contributed by atoms with Gasteiger partial charge < -0.3 is 15.1 Å². The van der Waals surface area contributed by atoms with E-state index >= 15 is 0 Å². The van der Waals surface area contributed by atoms with Crippen molar-refractivity contribution in [3.63, 3.8) is 0 Å². The van der Waals surface area contributed by atoms with Crippen molar-refractivity contribution in [2.24, 2.45) is 5.92 Å². The number of thioether (sulfide) groups is 1. The summed E-state index contributed by atoms with van der Waals surface area (Å²) in [5.74, 6) is -0.741. The van der Waals surface area contributed by atoms with E-state index in [0.29, 0.717) is 22.9 Å². The van der Waals surface area contributed by atoms with Gasteiger partial charge in [-0.1, -0.05) is 17.7 Å². The molecule has 1 fully saturated rings. The molecule has 1 saturated heterocycles. The maximum absolute atomic E-state index is 12.6. The summed E-state index contributed by atoms with van der Waals surface area (Å²) >= 11 is 7.11. The van der Waals surface area contributed by atoms with Crippen LogP contribution in [-0.4, -0.2) is 42.6 Å². The highest BCUT2D eigenvalue weighted by Crippen LogP contribution is 2.28. The largest absolute Gasteiger partial charge is 0.339 e. The van der Waals surface area contributed by atoms with Crippen LogP contribution in [0.3, 0.4) is 0 Å². The van der Waals surface area contributed by atoms with Crippen LogP contribution in [-0.2, 0) is 9.59 Å². The molecule has 146 valence electrons. The number of rotatable bonds is 4. The lowest BCUT2D eigenvalue weighted by molar-refractivity contribution is -0.122. The smallest absolute Gasteiger partial charge is 0.285 e. The first kappa shape index (κ1) is 20.2. The van der Waals surface area contributed by atoms with E-state index in [-0.39, 0.29) is 23.5 Å². The Hall–Kier alpha value is -2.51. The van der Waals surface area contributed by atoms with Gasteiger partial charge in [0.05, 0.1) is 5.92 Å². The zero-order valence-corrected chi connectivity index (χ0v) is 17.1. The van der Waals surface area contributed by atoms with Gasteiger partial charge in [-0.3, -0.25) is 14.4 Å². The van der Waals surface area contributed by atoms with Crippen molar-refractivity contribution < 1.29 is 14.4 Å². The number of anilines is 2. The molecule has 0 saturated carbocycles. The van der Waals surface area contributed by atoms with Crippen LogP contribution < -0.4 is 10.2 Å². The third kappa shape index (κ3) is 4.85. The first-order valence-corrected chi connectivity index (χ1v) is 9.89. The van der Waals surface area contributed by atoms with Gasteiger partial charge in [0.15, 0.2) is 0 Å². The van der Waals surface area contributed by atoms with Crippen LogP contribution in [0.15, 0.2) is 53.4 Å². The van der Waals surface area contributed by atoms with Crippen molar-refractivity contribution >= 4 is 51.8 Å². The molecule has 1 atom stereocenters. The number of nitrogens with one attached hydrogen (secondary N) is 1. The SMILES string of the molecule is CN(C)C(=O)Sc1ccc(NC(=O)C2CC(=O)N(c3cccc(Cl)c3)C2)cc1. The van der Waals surface area contributed by atoms with Crippen LogP contribution in [0.4, 0.5) is 16.2 Å². The topological polar surface area (TPSA) is 69.7 Å². The lowest BCUT2D eigenvalue weighted by Crippen LogP contribution is -2.28. The Morgan fingerprint density at radius 3 is 2.54 bits per heavy atom. The maximum Gasteiger partial charge on any atom is 0.285 e. The molecular formula is C20H20ClN3O3S. The number of hydrogen-bond donors (Lipinski definition) is 1. The normalized spacial score (nSPS) is 16.2. The summed E-state index contributed by atoms with van der Waals surface area (Å²) < 4.78 is 0. The standard InChI is InChI=1S/C20H20ClN3O3S/c1-23(2)20(27)28-17-8-6-15(7-9-17)22-19(26)13-10-18(25)24(12-13)16-5-3-4-14(21)11-16/h3-9,11,13H,10,12H2,1-2H3,(H,22,26). The average molecular weight is 418 g/mol. The van der Waals surface area contributed by atoms with Gasteiger partial charge in [-0.05, 0) is 54.2 Å². The zero-order chi connectivity index (χ0) is 20.3. The van der Waals surface area contributed by atoms with E-state index < -0.39 is 5.92 Å². The summed E-state index contributed by atoms with van der Waals surface area (Å²) in [4.78, 5) is 40.5. The van der Waals surface area contributed by atoms with E-state index in [1.54, 1.807) is 67.5 Å². The minimum Gasteiger partial charge on any atom is -0.339 e. The minimum absolute atomic E-state index is 0.0673. The lowest BCUT2D eigenvalue weighted by atomic mass is 10.1. The fourth-order valence-corrected chi connectivity index (χ4v) is 3.66. The fourth-order valence-electron chi connectivity index (χ4n) is 2.82. The van der Waals surface area contributed by atoms with Crippen LogP contribution in [0.1, 0.15) is 6.42 Å². The molecule has 28 heavy (non-hydrogen) atoms. The second-order valence-electron chi connectivity index (χ2n) is 6.66.